The number of hydrogen-bond donors (Lipinski definition) is 0. The second-order valence-electron chi connectivity index (χ2n) is 7.62. The van der Waals surface area contributed by atoms with Crippen LogP contribution in [0.4, 0.5) is 5.00 Å². The Morgan fingerprint density at radius 1 is 1.31 bits per heavy atom. The van der Waals surface area contributed by atoms with Gasteiger partial charge in [-0.3, -0.25) is 14.7 Å². The maximum atomic E-state index is 13.1. The molecule has 0 saturated heterocycles. The molecule has 29 heavy (non-hydrogen) atoms. The highest BCUT2D eigenvalue weighted by Crippen LogP contribution is 2.43. The van der Waals surface area contributed by atoms with Crippen molar-refractivity contribution in [2.45, 2.75) is 52.5 Å². The average molecular weight is 411 g/mol. The van der Waals surface area contributed by atoms with Crippen LogP contribution in [0.15, 0.2) is 29.3 Å². The number of carbonyl (C=O) groups excluding carboxylic acids is 2. The molecule has 4 rings (SSSR count). The van der Waals surface area contributed by atoms with Gasteiger partial charge in [0.25, 0.3) is 0 Å². The Hall–Kier alpha value is -2.47. The van der Waals surface area contributed by atoms with Crippen molar-refractivity contribution in [3.8, 4) is 0 Å². The Labute approximate surface area is 175 Å². The van der Waals surface area contributed by atoms with Crippen LogP contribution >= 0.6 is 11.3 Å². The van der Waals surface area contributed by atoms with E-state index in [-0.39, 0.29) is 18.4 Å². The van der Waals surface area contributed by atoms with Gasteiger partial charge < -0.3 is 4.74 Å². The molecule has 152 valence electrons. The molecular formula is C23H26N2O3S. The normalized spacial score (nSPS) is 17.1. The van der Waals surface area contributed by atoms with E-state index < -0.39 is 6.04 Å². The Kier molecular flexibility index (Phi) is 5.54. The third-order valence-electron chi connectivity index (χ3n) is 5.56. The minimum absolute atomic E-state index is 0.0309. The third-order valence-corrected chi connectivity index (χ3v) is 6.85. The first-order valence-corrected chi connectivity index (χ1v) is 11.1. The SMILES string of the molecule is CCOC(=O)C(C)N1C(=O)CN=C(c2cccc(C)c2)c2c1sc1c2CCCC1. The summed E-state index contributed by atoms with van der Waals surface area (Å²) in [4.78, 5) is 33.3. The number of aliphatic imine (C=N–C) groups is 1. The van der Waals surface area contributed by atoms with E-state index in [2.05, 4.69) is 25.1 Å². The molecule has 0 saturated carbocycles. The van der Waals surface area contributed by atoms with Crippen molar-refractivity contribution in [2.24, 2.45) is 4.99 Å². The molecule has 6 heteroatoms. The summed E-state index contributed by atoms with van der Waals surface area (Å²) in [5.41, 5.74) is 5.39. The molecule has 1 amide bonds. The van der Waals surface area contributed by atoms with Gasteiger partial charge in [-0.05, 0) is 58.1 Å². The van der Waals surface area contributed by atoms with Crippen LogP contribution in [0.25, 0.3) is 0 Å². The number of thiophene rings is 1. The topological polar surface area (TPSA) is 59.0 Å². The van der Waals surface area contributed by atoms with Crippen LogP contribution < -0.4 is 4.90 Å². The van der Waals surface area contributed by atoms with Crippen LogP contribution in [0.2, 0.25) is 0 Å². The Morgan fingerprint density at radius 2 is 2.10 bits per heavy atom. The number of carbonyl (C=O) groups is 2. The zero-order valence-corrected chi connectivity index (χ0v) is 18.0. The van der Waals surface area contributed by atoms with E-state index >= 15 is 0 Å². The summed E-state index contributed by atoms with van der Waals surface area (Å²) in [6.07, 6.45) is 4.30. The zero-order chi connectivity index (χ0) is 20.5. The summed E-state index contributed by atoms with van der Waals surface area (Å²) in [7, 11) is 0. The number of benzene rings is 1. The number of nitrogens with zero attached hydrogens (tertiary/aromatic N) is 2. The number of rotatable bonds is 4. The smallest absolute Gasteiger partial charge is 0.328 e. The second kappa shape index (κ2) is 8.11. The number of amides is 1. The lowest BCUT2D eigenvalue weighted by molar-refractivity contribution is -0.145. The summed E-state index contributed by atoms with van der Waals surface area (Å²) in [5.74, 6) is -0.537. The summed E-state index contributed by atoms with van der Waals surface area (Å²) >= 11 is 1.65. The van der Waals surface area contributed by atoms with Crippen LogP contribution in [0.3, 0.4) is 0 Å². The van der Waals surface area contributed by atoms with Gasteiger partial charge in [0.05, 0.1) is 12.3 Å². The minimum Gasteiger partial charge on any atom is -0.464 e. The average Bonchev–Trinajstić information content (AvgIpc) is 3.00. The Balaban J connectivity index is 1.89. The zero-order valence-electron chi connectivity index (χ0n) is 17.2. The molecular weight excluding hydrogens is 384 g/mol. The number of anilines is 1. The largest absolute Gasteiger partial charge is 0.464 e. The van der Waals surface area contributed by atoms with Gasteiger partial charge in [-0.15, -0.1) is 11.3 Å². The fraction of sp³-hybridized carbons (Fsp3) is 0.435. The van der Waals surface area contributed by atoms with Crippen molar-refractivity contribution >= 4 is 33.9 Å². The molecule has 1 aromatic heterocycles. The summed E-state index contributed by atoms with van der Waals surface area (Å²) < 4.78 is 5.22. The van der Waals surface area contributed by atoms with Crippen molar-refractivity contribution in [1.29, 1.82) is 0 Å². The first kappa shape index (κ1) is 19.8. The molecule has 0 radical (unpaired) electrons. The van der Waals surface area contributed by atoms with Gasteiger partial charge in [0, 0.05) is 16.0 Å². The molecule has 1 atom stereocenters. The number of fused-ring (bicyclic) bond motifs is 3. The van der Waals surface area contributed by atoms with E-state index in [1.807, 2.05) is 6.07 Å². The van der Waals surface area contributed by atoms with E-state index in [1.165, 1.54) is 10.4 Å². The number of ether oxygens (including phenoxy) is 1. The predicted octanol–water partition coefficient (Wildman–Crippen LogP) is 4.07. The summed E-state index contributed by atoms with van der Waals surface area (Å²) in [5, 5.41) is 0.847. The van der Waals surface area contributed by atoms with Gasteiger partial charge in [-0.2, -0.15) is 0 Å². The van der Waals surface area contributed by atoms with Crippen molar-refractivity contribution in [1.82, 2.24) is 0 Å². The molecule has 1 unspecified atom stereocenters. The van der Waals surface area contributed by atoms with Crippen molar-refractivity contribution in [2.75, 3.05) is 18.1 Å². The van der Waals surface area contributed by atoms with Gasteiger partial charge in [-0.25, -0.2) is 4.79 Å². The van der Waals surface area contributed by atoms with Gasteiger partial charge in [0.2, 0.25) is 5.91 Å². The molecule has 0 bridgehead atoms. The lowest BCUT2D eigenvalue weighted by Gasteiger charge is -2.26. The first-order chi connectivity index (χ1) is 14.0. The number of hydrogen-bond acceptors (Lipinski definition) is 5. The van der Waals surface area contributed by atoms with E-state index in [0.717, 1.165) is 53.1 Å². The molecule has 0 spiro atoms. The molecule has 5 nitrogen and oxygen atoms in total. The fourth-order valence-corrected chi connectivity index (χ4v) is 5.66. The lowest BCUT2D eigenvalue weighted by atomic mass is 9.91. The molecule has 1 aromatic carbocycles. The maximum Gasteiger partial charge on any atom is 0.328 e. The van der Waals surface area contributed by atoms with Crippen LogP contribution in [-0.4, -0.2) is 36.8 Å². The lowest BCUT2D eigenvalue weighted by Crippen LogP contribution is -2.45. The number of esters is 1. The van der Waals surface area contributed by atoms with Crippen molar-refractivity contribution < 1.29 is 14.3 Å². The van der Waals surface area contributed by atoms with Gasteiger partial charge >= 0.3 is 5.97 Å². The van der Waals surface area contributed by atoms with Gasteiger partial charge in [-0.1, -0.05) is 23.8 Å². The van der Waals surface area contributed by atoms with E-state index in [9.17, 15) is 9.59 Å². The van der Waals surface area contributed by atoms with Crippen LogP contribution in [0.1, 0.15) is 53.8 Å². The van der Waals surface area contributed by atoms with Crippen LogP contribution in [0.5, 0.6) is 0 Å². The predicted molar refractivity (Wildman–Crippen MR) is 116 cm³/mol. The molecule has 1 aliphatic heterocycles. The van der Waals surface area contributed by atoms with E-state index in [0.29, 0.717) is 6.61 Å². The molecule has 2 aliphatic rings. The summed E-state index contributed by atoms with van der Waals surface area (Å²) in [6.45, 7) is 5.91. The Morgan fingerprint density at radius 3 is 2.86 bits per heavy atom. The monoisotopic (exact) mass is 410 g/mol. The highest BCUT2D eigenvalue weighted by molar-refractivity contribution is 7.17. The van der Waals surface area contributed by atoms with Crippen molar-refractivity contribution in [3.63, 3.8) is 0 Å². The molecule has 2 heterocycles. The van der Waals surface area contributed by atoms with Crippen LogP contribution in [-0.2, 0) is 27.2 Å². The highest BCUT2D eigenvalue weighted by Gasteiger charge is 2.37. The van der Waals surface area contributed by atoms with Crippen LogP contribution in [0, 0.1) is 6.92 Å². The van der Waals surface area contributed by atoms with Gasteiger partial charge in [0.1, 0.15) is 17.6 Å². The standard InChI is InChI=1S/C23H26N2O3S/c1-4-28-23(27)15(3)25-19(26)13-24-21(16-9-7-8-14(2)12-16)20-17-10-5-6-11-18(17)29-22(20)25/h7-9,12,15H,4-6,10-11,13H2,1-3H3. The molecule has 1 aliphatic carbocycles. The first-order valence-electron chi connectivity index (χ1n) is 10.3. The van der Waals surface area contributed by atoms with E-state index in [1.54, 1.807) is 30.1 Å². The third kappa shape index (κ3) is 3.62. The number of aryl methyl sites for hydroxylation is 2. The van der Waals surface area contributed by atoms with E-state index in [4.69, 9.17) is 9.73 Å². The van der Waals surface area contributed by atoms with Gasteiger partial charge in [0.15, 0.2) is 0 Å². The molecule has 0 fully saturated rings. The molecule has 2 aromatic rings. The summed E-state index contributed by atoms with van der Waals surface area (Å²) in [6, 6.07) is 7.58. The molecule has 0 N–H and O–H groups in total. The highest BCUT2D eigenvalue weighted by atomic mass is 32.1. The Bertz CT molecular complexity index is 992. The fourth-order valence-electron chi connectivity index (χ4n) is 4.17. The maximum absolute atomic E-state index is 13.1. The minimum atomic E-state index is -0.673. The second-order valence-corrected chi connectivity index (χ2v) is 8.70. The van der Waals surface area contributed by atoms with Crippen molar-refractivity contribution in [3.05, 3.63) is 51.4 Å². The quantitative estimate of drug-likeness (QED) is 0.714.